The van der Waals surface area contributed by atoms with Crippen LogP contribution in [0.4, 0.5) is 0 Å². The average molecular weight is 349 g/mol. The predicted molar refractivity (Wildman–Crippen MR) is 90.0 cm³/mol. The Morgan fingerprint density at radius 2 is 1.71 bits per heavy atom. The smallest absolute Gasteiger partial charge is 0.250 e. The van der Waals surface area contributed by atoms with Crippen LogP contribution in [0.1, 0.15) is 6.42 Å². The average Bonchev–Trinajstić information content (AvgIpc) is 2.59. The summed E-state index contributed by atoms with van der Waals surface area (Å²) in [5, 5.41) is 2.62. The summed E-state index contributed by atoms with van der Waals surface area (Å²) in [6.45, 7) is 0.546. The van der Waals surface area contributed by atoms with Crippen molar-refractivity contribution >= 4 is 15.9 Å². The van der Waals surface area contributed by atoms with Crippen molar-refractivity contribution in [2.24, 2.45) is 0 Å². The quantitative estimate of drug-likeness (QED) is 0.671. The third-order valence-electron chi connectivity index (χ3n) is 3.27. The lowest BCUT2D eigenvalue weighted by molar-refractivity contribution is -0.121. The van der Waals surface area contributed by atoms with Gasteiger partial charge in [-0.3, -0.25) is 9.59 Å². The molecule has 24 heavy (non-hydrogen) atoms. The summed E-state index contributed by atoms with van der Waals surface area (Å²) in [6, 6.07) is 12.8. The molecule has 1 aromatic heterocycles. The Morgan fingerprint density at radius 1 is 1.00 bits per heavy atom. The number of carbonyl (C=O) groups excluding carboxylic acids is 1. The number of nitrogens with one attached hydrogen (secondary N) is 2. The molecule has 0 atom stereocenters. The Balaban J connectivity index is 1.71. The molecule has 128 valence electrons. The third-order valence-corrected chi connectivity index (χ3v) is 4.75. The highest BCUT2D eigenvalue weighted by atomic mass is 32.2. The van der Waals surface area contributed by atoms with Gasteiger partial charge in [0.25, 0.3) is 5.56 Å². The Bertz CT molecular complexity index is 832. The van der Waals surface area contributed by atoms with Gasteiger partial charge in [-0.05, 0) is 18.2 Å². The highest BCUT2D eigenvalue weighted by Gasteiger charge is 2.12. The van der Waals surface area contributed by atoms with Crippen molar-refractivity contribution < 1.29 is 13.2 Å². The fourth-order valence-corrected chi connectivity index (χ4v) is 3.08. The second-order valence-electron chi connectivity index (χ2n) is 5.04. The molecule has 0 aliphatic rings. The van der Waals surface area contributed by atoms with Gasteiger partial charge in [0.05, 0.1) is 4.90 Å². The lowest BCUT2D eigenvalue weighted by Gasteiger charge is -2.08. The molecule has 0 radical (unpaired) electrons. The van der Waals surface area contributed by atoms with E-state index in [9.17, 15) is 18.0 Å². The minimum Gasteiger partial charge on any atom is -0.355 e. The second-order valence-corrected chi connectivity index (χ2v) is 6.81. The zero-order chi connectivity index (χ0) is 17.4. The van der Waals surface area contributed by atoms with Crippen LogP contribution < -0.4 is 15.6 Å². The summed E-state index contributed by atoms with van der Waals surface area (Å²) in [4.78, 5) is 23.4. The molecular formula is C16H19N3O4S. The molecule has 2 aromatic rings. The van der Waals surface area contributed by atoms with Gasteiger partial charge < -0.3 is 9.88 Å². The van der Waals surface area contributed by atoms with E-state index in [0.717, 1.165) is 0 Å². The standard InChI is InChI=1S/C16H19N3O4S/c20-15(9-13-19-12-5-4-8-16(19)21)17-10-11-18-24(22,23)14-6-2-1-3-7-14/h1-8,12,18H,9-11,13H2,(H,17,20). The number of carbonyl (C=O) groups is 1. The van der Waals surface area contributed by atoms with E-state index >= 15 is 0 Å². The SMILES string of the molecule is O=C(CCn1ccccc1=O)NCCNS(=O)(=O)c1ccccc1. The minimum absolute atomic E-state index is 0.0915. The number of sulfonamides is 1. The molecule has 0 aliphatic heterocycles. The van der Waals surface area contributed by atoms with Crippen LogP contribution in [0.15, 0.2) is 64.4 Å². The monoisotopic (exact) mass is 349 g/mol. The maximum Gasteiger partial charge on any atom is 0.250 e. The summed E-state index contributed by atoms with van der Waals surface area (Å²) < 4.78 is 27.8. The van der Waals surface area contributed by atoms with Gasteiger partial charge in [-0.15, -0.1) is 0 Å². The number of benzene rings is 1. The van der Waals surface area contributed by atoms with Crippen LogP contribution in [-0.4, -0.2) is 32.0 Å². The topological polar surface area (TPSA) is 97.3 Å². The molecule has 0 spiro atoms. The Hall–Kier alpha value is -2.45. The first-order chi connectivity index (χ1) is 11.5. The molecule has 0 saturated carbocycles. The first-order valence-corrected chi connectivity index (χ1v) is 8.94. The Morgan fingerprint density at radius 3 is 2.42 bits per heavy atom. The summed E-state index contributed by atoms with van der Waals surface area (Å²) in [7, 11) is -3.57. The molecule has 0 fully saturated rings. The van der Waals surface area contributed by atoms with Gasteiger partial charge in [0, 0.05) is 38.3 Å². The zero-order valence-corrected chi connectivity index (χ0v) is 13.8. The van der Waals surface area contributed by atoms with E-state index in [1.807, 2.05) is 0 Å². The van der Waals surface area contributed by atoms with Crippen LogP contribution in [0.5, 0.6) is 0 Å². The largest absolute Gasteiger partial charge is 0.355 e. The van der Waals surface area contributed by atoms with Crippen LogP contribution in [-0.2, 0) is 21.4 Å². The van der Waals surface area contributed by atoms with Gasteiger partial charge in [0.15, 0.2) is 0 Å². The number of aromatic nitrogens is 1. The summed E-state index contributed by atoms with van der Waals surface area (Å²) in [5.41, 5.74) is -0.166. The number of rotatable bonds is 8. The molecule has 2 N–H and O–H groups in total. The van der Waals surface area contributed by atoms with Crippen molar-refractivity contribution in [2.75, 3.05) is 13.1 Å². The number of nitrogens with zero attached hydrogens (tertiary/aromatic N) is 1. The van der Waals surface area contributed by atoms with Crippen molar-refractivity contribution in [1.29, 1.82) is 0 Å². The van der Waals surface area contributed by atoms with Crippen LogP contribution in [0.25, 0.3) is 0 Å². The maximum atomic E-state index is 12.0. The molecule has 8 heteroatoms. The third kappa shape index (κ3) is 5.32. The van der Waals surface area contributed by atoms with Crippen molar-refractivity contribution in [2.45, 2.75) is 17.9 Å². The zero-order valence-electron chi connectivity index (χ0n) is 13.0. The molecule has 7 nitrogen and oxygen atoms in total. The first kappa shape index (κ1) is 17.9. The number of aryl methyl sites for hydroxylation is 1. The van der Waals surface area contributed by atoms with E-state index in [4.69, 9.17) is 0 Å². The summed E-state index contributed by atoms with van der Waals surface area (Å²) in [6.07, 6.45) is 1.76. The Labute approximate surface area is 140 Å². The summed E-state index contributed by atoms with van der Waals surface area (Å²) >= 11 is 0. The first-order valence-electron chi connectivity index (χ1n) is 7.46. The minimum atomic E-state index is -3.57. The van der Waals surface area contributed by atoms with E-state index in [2.05, 4.69) is 10.0 Å². The molecule has 1 heterocycles. The fraction of sp³-hybridized carbons (Fsp3) is 0.250. The molecule has 1 amide bonds. The van der Waals surface area contributed by atoms with Crippen LogP contribution >= 0.6 is 0 Å². The van der Waals surface area contributed by atoms with Crippen LogP contribution in [0, 0.1) is 0 Å². The molecule has 0 bridgehead atoms. The van der Waals surface area contributed by atoms with E-state index in [0.29, 0.717) is 0 Å². The Kier molecular flexibility index (Phi) is 6.28. The number of amides is 1. The molecular weight excluding hydrogens is 330 g/mol. The number of hydrogen-bond donors (Lipinski definition) is 2. The van der Waals surface area contributed by atoms with E-state index in [-0.39, 0.29) is 42.4 Å². The summed E-state index contributed by atoms with van der Waals surface area (Å²) in [5.74, 6) is -0.246. The van der Waals surface area contributed by atoms with Crippen molar-refractivity contribution in [3.05, 3.63) is 65.1 Å². The normalized spacial score (nSPS) is 11.2. The lowest BCUT2D eigenvalue weighted by Crippen LogP contribution is -2.35. The lowest BCUT2D eigenvalue weighted by atomic mass is 10.3. The van der Waals surface area contributed by atoms with Crippen molar-refractivity contribution in [3.8, 4) is 0 Å². The second kappa shape index (κ2) is 8.42. The van der Waals surface area contributed by atoms with Gasteiger partial charge >= 0.3 is 0 Å². The van der Waals surface area contributed by atoms with Crippen LogP contribution in [0.2, 0.25) is 0 Å². The highest BCUT2D eigenvalue weighted by Crippen LogP contribution is 2.06. The molecule has 0 unspecified atom stereocenters. The molecule has 1 aromatic carbocycles. The fourth-order valence-electron chi connectivity index (χ4n) is 2.03. The van der Waals surface area contributed by atoms with E-state index in [1.165, 1.54) is 22.8 Å². The molecule has 2 rings (SSSR count). The van der Waals surface area contributed by atoms with Gasteiger partial charge in [0.1, 0.15) is 0 Å². The van der Waals surface area contributed by atoms with E-state index in [1.54, 1.807) is 36.5 Å². The van der Waals surface area contributed by atoms with Gasteiger partial charge in [-0.25, -0.2) is 13.1 Å². The van der Waals surface area contributed by atoms with Gasteiger partial charge in [-0.1, -0.05) is 24.3 Å². The van der Waals surface area contributed by atoms with Crippen molar-refractivity contribution in [3.63, 3.8) is 0 Å². The van der Waals surface area contributed by atoms with Gasteiger partial charge in [-0.2, -0.15) is 0 Å². The predicted octanol–water partition coefficient (Wildman–Crippen LogP) is 0.333. The number of pyridine rings is 1. The highest BCUT2D eigenvalue weighted by molar-refractivity contribution is 7.89. The maximum absolute atomic E-state index is 12.0. The van der Waals surface area contributed by atoms with E-state index < -0.39 is 10.0 Å². The number of hydrogen-bond acceptors (Lipinski definition) is 4. The van der Waals surface area contributed by atoms with Crippen LogP contribution in [0.3, 0.4) is 0 Å². The van der Waals surface area contributed by atoms with Gasteiger partial charge in [0.2, 0.25) is 15.9 Å². The molecule has 0 aliphatic carbocycles. The van der Waals surface area contributed by atoms with Crippen molar-refractivity contribution in [1.82, 2.24) is 14.6 Å². The molecule has 0 saturated heterocycles.